The van der Waals surface area contributed by atoms with Gasteiger partial charge in [-0.1, -0.05) is 48.5 Å². The average molecular weight is 497 g/mol. The Bertz CT molecular complexity index is 1300. The van der Waals surface area contributed by atoms with E-state index in [0.29, 0.717) is 11.5 Å². The van der Waals surface area contributed by atoms with Crippen LogP contribution >= 0.6 is 0 Å². The Labute approximate surface area is 215 Å². The van der Waals surface area contributed by atoms with Crippen LogP contribution in [0.5, 0.6) is 23.0 Å². The molecule has 0 fully saturated rings. The molecule has 0 amide bonds. The van der Waals surface area contributed by atoms with Crippen LogP contribution in [-0.2, 0) is 22.4 Å². The summed E-state index contributed by atoms with van der Waals surface area (Å²) in [4.78, 5) is 25.3. The van der Waals surface area contributed by atoms with E-state index in [0.717, 1.165) is 33.4 Å². The van der Waals surface area contributed by atoms with E-state index in [-0.39, 0.29) is 42.3 Å². The molecule has 0 bridgehead atoms. The number of hydrogen-bond acceptors (Lipinski definition) is 6. The number of Topliss-reactive ketones (excluding diaryl/α,β-unsaturated/α-hetero) is 2. The van der Waals surface area contributed by atoms with E-state index >= 15 is 0 Å². The van der Waals surface area contributed by atoms with E-state index in [2.05, 4.69) is 0 Å². The second-order valence-electron chi connectivity index (χ2n) is 8.77. The summed E-state index contributed by atoms with van der Waals surface area (Å²) in [7, 11) is 3.13. The van der Waals surface area contributed by atoms with Gasteiger partial charge in [-0.25, -0.2) is 0 Å². The number of phenols is 2. The molecule has 0 saturated heterocycles. The number of rotatable bonds is 10. The van der Waals surface area contributed by atoms with Gasteiger partial charge >= 0.3 is 0 Å². The molecule has 0 spiro atoms. The molecule has 0 aromatic heterocycles. The van der Waals surface area contributed by atoms with Gasteiger partial charge in [-0.05, 0) is 58.7 Å². The van der Waals surface area contributed by atoms with Crippen LogP contribution in [0.2, 0.25) is 0 Å². The fourth-order valence-electron chi connectivity index (χ4n) is 4.25. The van der Waals surface area contributed by atoms with E-state index in [9.17, 15) is 19.8 Å². The van der Waals surface area contributed by atoms with Gasteiger partial charge in [0.1, 0.15) is 34.6 Å². The van der Waals surface area contributed by atoms with Crippen LogP contribution in [0.15, 0.2) is 84.9 Å². The number of phenolic OH excluding ortho intramolecular Hbond substituents is 2. The van der Waals surface area contributed by atoms with Gasteiger partial charge in [-0.15, -0.1) is 0 Å². The lowest BCUT2D eigenvalue weighted by Gasteiger charge is -2.12. The lowest BCUT2D eigenvalue weighted by atomic mass is 9.97. The Hall–Kier alpha value is -4.58. The van der Waals surface area contributed by atoms with Crippen LogP contribution in [0.25, 0.3) is 22.3 Å². The molecule has 0 radical (unpaired) electrons. The highest BCUT2D eigenvalue weighted by Gasteiger charge is 2.15. The maximum atomic E-state index is 12.7. The summed E-state index contributed by atoms with van der Waals surface area (Å²) in [6.45, 7) is 0. The van der Waals surface area contributed by atoms with Gasteiger partial charge in [-0.3, -0.25) is 9.59 Å². The Kier molecular flexibility index (Phi) is 7.89. The molecule has 0 heterocycles. The SMILES string of the molecule is COc1cc(CC(=O)CC(=O)Cc2ccc(-c3ccc(O)cc3)c(OC)c2)ccc1-c1ccc(O)cc1. The zero-order chi connectivity index (χ0) is 26.4. The predicted molar refractivity (Wildman–Crippen MR) is 142 cm³/mol. The molecule has 0 aliphatic rings. The van der Waals surface area contributed by atoms with Gasteiger partial charge in [-0.2, -0.15) is 0 Å². The molecule has 0 aliphatic heterocycles. The predicted octanol–water partition coefficient (Wildman–Crippen LogP) is 5.76. The molecule has 188 valence electrons. The standard InChI is InChI=1S/C31H28O6/c1-36-30-17-20(3-13-28(30)22-5-9-24(32)10-6-22)15-26(34)19-27(35)16-21-4-14-29(31(18-21)37-2)23-7-11-25(33)12-8-23/h3-14,17-18,32-33H,15-16,19H2,1-2H3. The first-order valence-electron chi connectivity index (χ1n) is 11.8. The molecule has 0 aliphatic carbocycles. The summed E-state index contributed by atoms with van der Waals surface area (Å²) in [6, 6.07) is 24.6. The summed E-state index contributed by atoms with van der Waals surface area (Å²) < 4.78 is 11.0. The molecule has 4 aromatic rings. The number of ketones is 2. The topological polar surface area (TPSA) is 93.1 Å². The van der Waals surface area contributed by atoms with Crippen molar-refractivity contribution in [3.63, 3.8) is 0 Å². The molecule has 0 saturated carbocycles. The van der Waals surface area contributed by atoms with Crippen molar-refractivity contribution in [2.24, 2.45) is 0 Å². The van der Waals surface area contributed by atoms with Crippen LogP contribution in [0.4, 0.5) is 0 Å². The van der Waals surface area contributed by atoms with Gasteiger partial charge in [0.15, 0.2) is 0 Å². The Morgan fingerprint density at radius 2 is 0.973 bits per heavy atom. The molecule has 2 N–H and O–H groups in total. The first kappa shape index (κ1) is 25.5. The summed E-state index contributed by atoms with van der Waals surface area (Å²) in [5.74, 6) is 1.25. The fraction of sp³-hybridized carbons (Fsp3) is 0.161. The van der Waals surface area contributed by atoms with Gasteiger partial charge in [0.2, 0.25) is 0 Å². The Balaban J connectivity index is 1.40. The quantitative estimate of drug-likeness (QED) is 0.271. The molecular weight excluding hydrogens is 468 g/mol. The number of benzene rings is 4. The summed E-state index contributed by atoms with van der Waals surface area (Å²) in [5.41, 5.74) is 4.98. The second-order valence-corrected chi connectivity index (χ2v) is 8.77. The zero-order valence-corrected chi connectivity index (χ0v) is 20.7. The minimum absolute atomic E-state index is 0.126. The molecule has 4 rings (SSSR count). The Morgan fingerprint density at radius 3 is 1.32 bits per heavy atom. The van der Waals surface area contributed by atoms with Gasteiger partial charge in [0, 0.05) is 24.0 Å². The van der Waals surface area contributed by atoms with Crippen LogP contribution in [0.3, 0.4) is 0 Å². The van der Waals surface area contributed by atoms with Crippen molar-refractivity contribution in [1.82, 2.24) is 0 Å². The largest absolute Gasteiger partial charge is 0.508 e. The van der Waals surface area contributed by atoms with Crippen molar-refractivity contribution >= 4 is 11.6 Å². The minimum Gasteiger partial charge on any atom is -0.508 e. The second kappa shape index (κ2) is 11.4. The molecular formula is C31H28O6. The number of hydrogen-bond donors (Lipinski definition) is 2. The molecule has 6 heteroatoms. The lowest BCUT2D eigenvalue weighted by Crippen LogP contribution is -2.12. The third kappa shape index (κ3) is 6.35. The van der Waals surface area contributed by atoms with Crippen LogP contribution < -0.4 is 9.47 Å². The number of methoxy groups -OCH3 is 2. The number of carbonyl (C=O) groups is 2. The fourth-order valence-corrected chi connectivity index (χ4v) is 4.25. The molecule has 37 heavy (non-hydrogen) atoms. The van der Waals surface area contributed by atoms with Gasteiger partial charge in [0.25, 0.3) is 0 Å². The van der Waals surface area contributed by atoms with Gasteiger partial charge < -0.3 is 19.7 Å². The summed E-state index contributed by atoms with van der Waals surface area (Å²) in [5, 5.41) is 19.0. The van der Waals surface area contributed by atoms with Crippen molar-refractivity contribution < 1.29 is 29.3 Å². The normalized spacial score (nSPS) is 10.6. The molecule has 0 unspecified atom stereocenters. The molecule has 0 atom stereocenters. The van der Waals surface area contributed by atoms with Crippen molar-refractivity contribution in [3.8, 4) is 45.3 Å². The molecule has 6 nitrogen and oxygen atoms in total. The van der Waals surface area contributed by atoms with Crippen LogP contribution in [-0.4, -0.2) is 36.0 Å². The number of aromatic hydroxyl groups is 2. The molecule has 4 aromatic carbocycles. The zero-order valence-electron chi connectivity index (χ0n) is 20.7. The van der Waals surface area contributed by atoms with E-state index in [1.54, 1.807) is 74.9 Å². The third-order valence-electron chi connectivity index (χ3n) is 6.09. The number of ether oxygens (including phenoxy) is 2. The first-order valence-corrected chi connectivity index (χ1v) is 11.8. The van der Waals surface area contributed by atoms with Crippen molar-refractivity contribution in [2.45, 2.75) is 19.3 Å². The monoisotopic (exact) mass is 496 g/mol. The Morgan fingerprint density at radius 1 is 0.595 bits per heavy atom. The lowest BCUT2D eigenvalue weighted by molar-refractivity contribution is -0.126. The maximum Gasteiger partial charge on any atom is 0.144 e. The van der Waals surface area contributed by atoms with Crippen molar-refractivity contribution in [3.05, 3.63) is 96.1 Å². The van der Waals surface area contributed by atoms with Crippen LogP contribution in [0, 0.1) is 0 Å². The average Bonchev–Trinajstić information content (AvgIpc) is 2.89. The summed E-state index contributed by atoms with van der Waals surface area (Å²) >= 11 is 0. The highest BCUT2D eigenvalue weighted by Crippen LogP contribution is 2.33. The summed E-state index contributed by atoms with van der Waals surface area (Å²) in [6.07, 6.45) is 0.0895. The highest BCUT2D eigenvalue weighted by atomic mass is 16.5. The maximum absolute atomic E-state index is 12.7. The van der Waals surface area contributed by atoms with Crippen molar-refractivity contribution in [1.29, 1.82) is 0 Å². The van der Waals surface area contributed by atoms with E-state index in [1.165, 1.54) is 0 Å². The smallest absolute Gasteiger partial charge is 0.144 e. The van der Waals surface area contributed by atoms with Crippen molar-refractivity contribution in [2.75, 3.05) is 14.2 Å². The van der Waals surface area contributed by atoms with E-state index in [4.69, 9.17) is 9.47 Å². The minimum atomic E-state index is -0.169. The highest BCUT2D eigenvalue weighted by molar-refractivity contribution is 6.00. The first-order chi connectivity index (χ1) is 17.9. The third-order valence-corrected chi connectivity index (χ3v) is 6.09. The van der Waals surface area contributed by atoms with Gasteiger partial charge in [0.05, 0.1) is 20.6 Å². The van der Waals surface area contributed by atoms with E-state index in [1.807, 2.05) is 24.3 Å². The van der Waals surface area contributed by atoms with E-state index < -0.39 is 0 Å². The number of carbonyl (C=O) groups excluding carboxylic acids is 2. The van der Waals surface area contributed by atoms with Crippen LogP contribution in [0.1, 0.15) is 17.5 Å².